The first kappa shape index (κ1) is 26.1. The minimum Gasteiger partial charge on any atom is -0.870 e. The Morgan fingerprint density at radius 2 is 0.684 bits per heavy atom. The number of hydrogen-bond acceptors (Lipinski definition) is 5. The molecule has 1 N–H and O–H groups in total. The second-order valence-electron chi connectivity index (χ2n) is 5.17. The van der Waals surface area contributed by atoms with Crippen molar-refractivity contribution < 1.29 is 88.3 Å². The largest absolute Gasteiger partial charge is 1.00 e. The van der Waals surface area contributed by atoms with Crippen LogP contribution in [0.3, 0.4) is 0 Å². The van der Waals surface area contributed by atoms with E-state index in [0.717, 1.165) is 0 Å². The Hall–Kier alpha value is 2.15. The maximum absolute atomic E-state index is 5.89. The maximum atomic E-state index is 5.89. The molecule has 0 aromatic heterocycles. The Kier molecular flexibility index (Phi) is 17.4. The second kappa shape index (κ2) is 12.7. The first-order valence-corrected chi connectivity index (χ1v) is 8.93. The van der Waals surface area contributed by atoms with Crippen LogP contribution in [0.15, 0.2) is 0 Å². The summed E-state index contributed by atoms with van der Waals surface area (Å²) in [5.41, 5.74) is 0. The van der Waals surface area contributed by atoms with Crippen molar-refractivity contribution in [3.63, 3.8) is 0 Å². The van der Waals surface area contributed by atoms with E-state index < -0.39 is 18.1 Å². The molecule has 0 saturated carbocycles. The van der Waals surface area contributed by atoms with E-state index in [0.29, 0.717) is 0 Å². The van der Waals surface area contributed by atoms with Gasteiger partial charge in [0.2, 0.25) is 0 Å². The average molecular weight is 340 g/mol. The molecule has 0 radical (unpaired) electrons. The van der Waals surface area contributed by atoms with E-state index in [9.17, 15) is 0 Å². The second-order valence-corrected chi connectivity index (χ2v) is 8.20. The summed E-state index contributed by atoms with van der Waals surface area (Å²) in [5.74, 6) is 0. The summed E-state index contributed by atoms with van der Waals surface area (Å²) in [6.45, 7) is 15.8. The molecule has 0 fully saturated rings. The quantitative estimate of drug-likeness (QED) is 0.596. The minimum atomic E-state index is -3.62. The van der Waals surface area contributed by atoms with Gasteiger partial charge in [-0.1, -0.05) is 0 Å². The molecule has 0 aliphatic heterocycles. The molecule has 112 valence electrons. The van der Waals surface area contributed by atoms with Crippen molar-refractivity contribution in [1.29, 1.82) is 0 Å². The van der Waals surface area contributed by atoms with Gasteiger partial charge in [-0.05, 0) is 0 Å². The normalized spacial score (nSPS) is 12.0. The van der Waals surface area contributed by atoms with E-state index in [-0.39, 0.29) is 81.3 Å². The molecule has 0 atom stereocenters. The Morgan fingerprint density at radius 3 is 0.789 bits per heavy atom. The summed E-state index contributed by atoms with van der Waals surface area (Å²) < 4.78 is 23.6. The van der Waals surface area contributed by atoms with Gasteiger partial charge in [-0.2, -0.15) is 0 Å². The third kappa shape index (κ3) is 13.5. The van der Waals surface area contributed by atoms with E-state index >= 15 is 0 Å². The van der Waals surface area contributed by atoms with Crippen LogP contribution in [0.2, 0.25) is 0 Å². The molecule has 19 heavy (non-hydrogen) atoms. The zero-order chi connectivity index (χ0) is 13.6. The van der Waals surface area contributed by atoms with Crippen molar-refractivity contribution in [2.45, 2.75) is 79.8 Å². The average Bonchev–Trinajstić information content (AvgIpc) is 1.95. The van der Waals surface area contributed by atoms with Gasteiger partial charge in [-0.25, -0.2) is 0 Å². The fourth-order valence-electron chi connectivity index (χ4n) is 1.32. The molecular weight excluding hydrogens is 311 g/mol. The van der Waals surface area contributed by atoms with Crippen LogP contribution in [0, 0.1) is 0 Å². The third-order valence-corrected chi connectivity index (χ3v) is 6.27. The van der Waals surface area contributed by atoms with Crippen LogP contribution in [0.25, 0.3) is 0 Å². The molecule has 0 heterocycles. The molecule has 0 bridgehead atoms. The molecule has 0 unspecified atom stereocenters. The molecular formula is C12H29KO5Ti. The summed E-state index contributed by atoms with van der Waals surface area (Å²) in [6.07, 6.45) is 0.134. The van der Waals surface area contributed by atoms with Crippen LogP contribution >= 0.6 is 0 Å². The Morgan fingerprint density at radius 1 is 0.526 bits per heavy atom. The van der Waals surface area contributed by atoms with E-state index in [4.69, 9.17) is 13.3 Å². The summed E-state index contributed by atoms with van der Waals surface area (Å²) in [7, 11) is 0. The van der Waals surface area contributed by atoms with Crippen molar-refractivity contribution in [2.75, 3.05) is 0 Å². The molecule has 0 amide bonds. The minimum absolute atomic E-state index is 0. The van der Waals surface area contributed by atoms with Gasteiger partial charge in [0.05, 0.1) is 0 Å². The first-order valence-electron chi connectivity index (χ1n) is 6.38. The first-order chi connectivity index (χ1) is 7.67. The zero-order valence-corrected chi connectivity index (χ0v) is 18.6. The van der Waals surface area contributed by atoms with Gasteiger partial charge in [0.1, 0.15) is 0 Å². The molecule has 0 saturated heterocycles. The SMILES string of the molecule is CC(C)[O][Ti]([O]C(C)C)([O]C(C)C)[O]C(C)C.[K+].[OH-]. The smallest absolute Gasteiger partial charge is 0.870 e. The van der Waals surface area contributed by atoms with Crippen molar-refractivity contribution >= 4 is 0 Å². The fourth-order valence-corrected chi connectivity index (χ4v) is 5.45. The predicted molar refractivity (Wildman–Crippen MR) is 66.8 cm³/mol. The van der Waals surface area contributed by atoms with Crippen LogP contribution in [-0.4, -0.2) is 29.9 Å². The van der Waals surface area contributed by atoms with E-state index in [1.54, 1.807) is 0 Å². The van der Waals surface area contributed by atoms with E-state index in [1.165, 1.54) is 0 Å². The maximum Gasteiger partial charge on any atom is 1.00 e. The summed E-state index contributed by atoms with van der Waals surface area (Å²) in [4.78, 5) is 0. The van der Waals surface area contributed by atoms with Gasteiger partial charge in [0.15, 0.2) is 0 Å². The van der Waals surface area contributed by atoms with Gasteiger partial charge < -0.3 is 5.48 Å². The molecule has 0 spiro atoms. The Labute approximate surface area is 166 Å². The van der Waals surface area contributed by atoms with E-state index in [2.05, 4.69) is 0 Å². The number of rotatable bonds is 8. The van der Waals surface area contributed by atoms with Crippen molar-refractivity contribution in [2.24, 2.45) is 0 Å². The van der Waals surface area contributed by atoms with Gasteiger partial charge >= 0.3 is 163 Å². The van der Waals surface area contributed by atoms with Crippen molar-refractivity contribution in [3.05, 3.63) is 0 Å². The predicted octanol–water partition coefficient (Wildman–Crippen LogP) is 0.328. The molecule has 5 nitrogen and oxygen atoms in total. The Bertz CT molecular complexity index is 167. The summed E-state index contributed by atoms with van der Waals surface area (Å²) >= 11 is -3.62. The van der Waals surface area contributed by atoms with Gasteiger partial charge in [-0.3, -0.25) is 0 Å². The van der Waals surface area contributed by atoms with Gasteiger partial charge in [-0.15, -0.1) is 0 Å². The van der Waals surface area contributed by atoms with Crippen LogP contribution < -0.4 is 51.4 Å². The molecule has 0 aliphatic rings. The van der Waals surface area contributed by atoms with Crippen LogP contribution in [0.1, 0.15) is 55.4 Å². The Balaban J connectivity index is -0.00000128. The zero-order valence-electron chi connectivity index (χ0n) is 13.9. The van der Waals surface area contributed by atoms with E-state index in [1.807, 2.05) is 55.4 Å². The topological polar surface area (TPSA) is 66.9 Å². The summed E-state index contributed by atoms with van der Waals surface area (Å²) in [6, 6.07) is 0. The van der Waals surface area contributed by atoms with Crippen molar-refractivity contribution in [3.8, 4) is 0 Å². The van der Waals surface area contributed by atoms with Crippen molar-refractivity contribution in [1.82, 2.24) is 0 Å². The standard InChI is InChI=1S/4C3H7O.K.H2O.Ti/c4*1-3(2)4;;;/h4*3H,1-2H3;;1H2;/q4*-1;+1;;+4/p-1. The van der Waals surface area contributed by atoms with Crippen LogP contribution in [0.5, 0.6) is 0 Å². The molecule has 0 aliphatic carbocycles. The summed E-state index contributed by atoms with van der Waals surface area (Å²) in [5, 5.41) is 0. The third-order valence-electron chi connectivity index (χ3n) is 1.52. The molecule has 7 heteroatoms. The van der Waals surface area contributed by atoms with Gasteiger partial charge in [0.25, 0.3) is 0 Å². The number of hydrogen-bond donors (Lipinski definition) is 0. The molecule has 0 aromatic carbocycles. The van der Waals surface area contributed by atoms with Gasteiger partial charge in [0, 0.05) is 0 Å². The van der Waals surface area contributed by atoms with Crippen LogP contribution in [-0.2, 0) is 31.4 Å². The monoisotopic (exact) mass is 340 g/mol. The molecule has 0 aromatic rings. The molecule has 0 rings (SSSR count). The fraction of sp³-hybridized carbons (Fsp3) is 1.00. The van der Waals surface area contributed by atoms with Crippen LogP contribution in [0.4, 0.5) is 0 Å².